The lowest BCUT2D eigenvalue weighted by atomic mass is 9.86. The summed E-state index contributed by atoms with van der Waals surface area (Å²) in [5.74, 6) is 2.85. The molecular formula is C44H54N2O4S2. The summed E-state index contributed by atoms with van der Waals surface area (Å²) in [7, 11) is -7.00. The highest BCUT2D eigenvalue weighted by atomic mass is 32.2. The zero-order chi connectivity index (χ0) is 36.9. The molecule has 0 N–H and O–H groups in total. The molecule has 0 bridgehead atoms. The minimum Gasteiger partial charge on any atom is -0.272 e. The molecule has 6 aliphatic rings. The molecule has 6 nitrogen and oxygen atoms in total. The topological polar surface area (TPSA) is 74.8 Å². The van der Waals surface area contributed by atoms with Crippen molar-refractivity contribution in [2.75, 3.05) is 13.1 Å². The van der Waals surface area contributed by atoms with Crippen molar-refractivity contribution in [1.29, 1.82) is 0 Å². The second kappa shape index (κ2) is 14.3. The molecule has 2 fully saturated rings. The average Bonchev–Trinajstić information content (AvgIpc) is 3.55. The van der Waals surface area contributed by atoms with Gasteiger partial charge in [-0.05, 0) is 137 Å². The van der Waals surface area contributed by atoms with E-state index in [1.165, 1.54) is 56.6 Å². The minimum atomic E-state index is -3.50. The lowest BCUT2D eigenvalue weighted by Gasteiger charge is -2.31. The second-order valence-electron chi connectivity index (χ2n) is 16.2. The molecule has 8 rings (SSSR count). The highest BCUT2D eigenvalue weighted by Gasteiger charge is 2.38. The summed E-state index contributed by atoms with van der Waals surface area (Å²) in [4.78, 5) is 0.732. The van der Waals surface area contributed by atoms with Gasteiger partial charge in [0.2, 0.25) is 0 Å². The van der Waals surface area contributed by atoms with Crippen molar-refractivity contribution in [3.8, 4) is 0 Å². The Hall–Kier alpha value is -3.62. The molecule has 0 spiro atoms. The molecule has 276 valence electrons. The van der Waals surface area contributed by atoms with Crippen LogP contribution >= 0.6 is 0 Å². The summed E-state index contributed by atoms with van der Waals surface area (Å²) in [5.41, 5.74) is 10.8. The molecule has 4 aliphatic carbocycles. The van der Waals surface area contributed by atoms with Gasteiger partial charge in [0.1, 0.15) is 0 Å². The van der Waals surface area contributed by atoms with Crippen LogP contribution in [-0.4, -0.2) is 38.5 Å². The van der Waals surface area contributed by atoms with E-state index in [0.717, 1.165) is 24.0 Å². The van der Waals surface area contributed by atoms with Crippen molar-refractivity contribution >= 4 is 20.0 Å². The Labute approximate surface area is 312 Å². The summed E-state index contributed by atoms with van der Waals surface area (Å²) in [6, 6.07) is 14.2. The fourth-order valence-corrected chi connectivity index (χ4v) is 12.3. The molecule has 0 unspecified atom stereocenters. The Balaban J connectivity index is 0.000000162. The maximum Gasteiger partial charge on any atom is 0.263 e. The summed E-state index contributed by atoms with van der Waals surface area (Å²) >= 11 is 0. The van der Waals surface area contributed by atoms with E-state index in [2.05, 4.69) is 52.0 Å². The predicted octanol–water partition coefficient (Wildman–Crippen LogP) is 9.64. The van der Waals surface area contributed by atoms with Gasteiger partial charge in [-0.2, -0.15) is 0 Å². The van der Waals surface area contributed by atoms with Crippen LogP contribution in [0.3, 0.4) is 0 Å². The van der Waals surface area contributed by atoms with E-state index < -0.39 is 20.0 Å². The summed E-state index contributed by atoms with van der Waals surface area (Å²) in [6.07, 6.45) is 19.6. The van der Waals surface area contributed by atoms with E-state index in [0.29, 0.717) is 46.6 Å². The lowest BCUT2D eigenvalue weighted by Crippen LogP contribution is -2.34. The maximum atomic E-state index is 13.1. The Kier molecular flexibility index (Phi) is 10.1. The molecular weight excluding hydrogens is 685 g/mol. The molecule has 8 heteroatoms. The van der Waals surface area contributed by atoms with Crippen molar-refractivity contribution in [2.45, 2.75) is 89.9 Å². The van der Waals surface area contributed by atoms with Gasteiger partial charge in [-0.1, -0.05) is 83.7 Å². The van der Waals surface area contributed by atoms with Crippen LogP contribution in [0.1, 0.15) is 77.3 Å². The number of nitrogens with zero attached hydrogens (tertiary/aromatic N) is 2. The minimum absolute atomic E-state index is 0.167. The fraction of sp³-hybridized carbons (Fsp3) is 0.455. The van der Waals surface area contributed by atoms with E-state index in [1.807, 2.05) is 38.1 Å². The van der Waals surface area contributed by atoms with Crippen LogP contribution in [0.25, 0.3) is 0 Å². The number of fused-ring (bicyclic) bond motifs is 4. The standard InChI is InChI=1S/2C22H27NO2S/c2*1-15-4-8-20(9-5-15)26(24,25)23-11-10-21-19(14-23)13-16(2)12-18-7-6-17(3)22(18)21/h2*4-5,8-11,13,17-19H,6-7,12,14H2,1-3H3/t2*17-,18-,19+/m10/s1. The first-order chi connectivity index (χ1) is 24.7. The van der Waals surface area contributed by atoms with E-state index in [-0.39, 0.29) is 11.8 Å². The number of hydrogen-bond donors (Lipinski definition) is 0. The predicted molar refractivity (Wildman–Crippen MR) is 210 cm³/mol. The van der Waals surface area contributed by atoms with Gasteiger partial charge in [0, 0.05) is 37.3 Å². The van der Waals surface area contributed by atoms with Crippen molar-refractivity contribution in [3.05, 3.63) is 130 Å². The number of rotatable bonds is 4. The van der Waals surface area contributed by atoms with Crippen molar-refractivity contribution < 1.29 is 16.8 Å². The normalized spacial score (nSPS) is 28.5. The van der Waals surface area contributed by atoms with Crippen molar-refractivity contribution in [1.82, 2.24) is 8.61 Å². The Morgan fingerprint density at radius 3 is 1.27 bits per heavy atom. The third-order valence-electron chi connectivity index (χ3n) is 12.3. The lowest BCUT2D eigenvalue weighted by molar-refractivity contribution is 0.458. The first-order valence-corrected chi connectivity index (χ1v) is 22.0. The van der Waals surface area contributed by atoms with Gasteiger partial charge >= 0.3 is 0 Å². The second-order valence-corrected chi connectivity index (χ2v) is 20.0. The van der Waals surface area contributed by atoms with E-state index in [4.69, 9.17) is 0 Å². The van der Waals surface area contributed by atoms with Gasteiger partial charge in [-0.15, -0.1) is 0 Å². The Morgan fingerprint density at radius 1 is 0.538 bits per heavy atom. The van der Waals surface area contributed by atoms with Crippen molar-refractivity contribution in [3.63, 3.8) is 0 Å². The SMILES string of the molecule is CC1=C[C@@H]2CN(S(=O)(=O)c3ccc(C)cc3)C=CC2=C2[C@@H](CC[C@@H]2C)C1.CC1=C[C@H]2CN(S(=O)(=O)c3ccc(C)cc3)C=CC2=C2[C@H](CC[C@H]2C)C1. The van der Waals surface area contributed by atoms with Gasteiger partial charge in [0.05, 0.1) is 9.79 Å². The van der Waals surface area contributed by atoms with Crippen LogP contribution in [0.2, 0.25) is 0 Å². The van der Waals surface area contributed by atoms with E-state index >= 15 is 0 Å². The van der Waals surface area contributed by atoms with Gasteiger partial charge in [-0.25, -0.2) is 16.8 Å². The molecule has 52 heavy (non-hydrogen) atoms. The highest BCUT2D eigenvalue weighted by Crippen LogP contribution is 2.48. The summed E-state index contributed by atoms with van der Waals surface area (Å²) < 4.78 is 55.3. The monoisotopic (exact) mass is 738 g/mol. The van der Waals surface area contributed by atoms with Crippen LogP contribution in [0, 0.1) is 49.4 Å². The smallest absolute Gasteiger partial charge is 0.263 e. The average molecular weight is 739 g/mol. The zero-order valence-corrected chi connectivity index (χ0v) is 33.2. The maximum absolute atomic E-state index is 13.1. The molecule has 0 saturated heterocycles. The number of aryl methyl sites for hydroxylation is 2. The molecule has 2 aliphatic heterocycles. The molecule has 0 radical (unpaired) electrons. The van der Waals surface area contributed by atoms with E-state index in [1.54, 1.807) is 47.8 Å². The van der Waals surface area contributed by atoms with Crippen LogP contribution in [0.5, 0.6) is 0 Å². The number of allylic oxidation sites excluding steroid dienone is 6. The van der Waals surface area contributed by atoms with Crippen molar-refractivity contribution in [2.24, 2.45) is 35.5 Å². The molecule has 2 aromatic rings. The summed E-state index contributed by atoms with van der Waals surface area (Å²) in [6.45, 7) is 14.0. The number of benzene rings is 2. The third kappa shape index (κ3) is 7.05. The molecule has 2 aromatic carbocycles. The fourth-order valence-electron chi connectivity index (χ4n) is 9.63. The Bertz CT molecular complexity index is 1970. The molecule has 2 heterocycles. The van der Waals surface area contributed by atoms with Crippen LogP contribution in [0.4, 0.5) is 0 Å². The van der Waals surface area contributed by atoms with Crippen LogP contribution in [-0.2, 0) is 20.0 Å². The molecule has 0 amide bonds. The Morgan fingerprint density at radius 2 is 0.904 bits per heavy atom. The molecule has 0 aromatic heterocycles. The zero-order valence-electron chi connectivity index (χ0n) is 31.5. The van der Waals surface area contributed by atoms with Gasteiger partial charge in [0.15, 0.2) is 0 Å². The molecule has 2 saturated carbocycles. The van der Waals surface area contributed by atoms with Gasteiger partial charge < -0.3 is 0 Å². The van der Waals surface area contributed by atoms with Crippen LogP contribution in [0.15, 0.2) is 128 Å². The number of sulfonamides is 2. The first kappa shape index (κ1) is 36.7. The highest BCUT2D eigenvalue weighted by molar-refractivity contribution is 7.89. The molecule has 6 atom stereocenters. The number of hydrogen-bond acceptors (Lipinski definition) is 4. The quantitative estimate of drug-likeness (QED) is 0.293. The van der Waals surface area contributed by atoms with Crippen LogP contribution < -0.4 is 0 Å². The van der Waals surface area contributed by atoms with E-state index in [9.17, 15) is 16.8 Å². The first-order valence-electron chi connectivity index (χ1n) is 19.1. The van der Waals surface area contributed by atoms with Gasteiger partial charge in [-0.3, -0.25) is 8.61 Å². The third-order valence-corrected chi connectivity index (χ3v) is 15.8. The summed E-state index contributed by atoms with van der Waals surface area (Å²) in [5, 5.41) is 0. The largest absolute Gasteiger partial charge is 0.272 e. The van der Waals surface area contributed by atoms with Gasteiger partial charge in [0.25, 0.3) is 20.0 Å².